The highest BCUT2D eigenvalue weighted by Gasteiger charge is 2.20. The van der Waals surface area contributed by atoms with Gasteiger partial charge in [0, 0.05) is 36.3 Å². The van der Waals surface area contributed by atoms with Crippen molar-refractivity contribution in [2.45, 2.75) is 19.9 Å². The van der Waals surface area contributed by atoms with Gasteiger partial charge in [0.15, 0.2) is 5.13 Å². The van der Waals surface area contributed by atoms with E-state index < -0.39 is 0 Å². The maximum Gasteiger partial charge on any atom is 0.246 e. The number of anilines is 2. The van der Waals surface area contributed by atoms with Gasteiger partial charge in [0.05, 0.1) is 11.4 Å². The predicted octanol–water partition coefficient (Wildman–Crippen LogP) is 4.49. The highest BCUT2D eigenvalue weighted by atomic mass is 32.1. The first kappa shape index (κ1) is 18.6. The molecule has 4 rings (SSSR count). The highest BCUT2D eigenvalue weighted by Crippen LogP contribution is 2.29. The Kier molecular flexibility index (Phi) is 5.36. The summed E-state index contributed by atoms with van der Waals surface area (Å²) in [7, 11) is 0. The van der Waals surface area contributed by atoms with E-state index in [1.165, 1.54) is 28.7 Å². The van der Waals surface area contributed by atoms with Crippen molar-refractivity contribution in [1.29, 1.82) is 0 Å². The van der Waals surface area contributed by atoms with E-state index in [9.17, 15) is 9.59 Å². The van der Waals surface area contributed by atoms with E-state index in [4.69, 9.17) is 0 Å². The summed E-state index contributed by atoms with van der Waals surface area (Å²) in [4.78, 5) is 34.0. The lowest BCUT2D eigenvalue weighted by Crippen LogP contribution is -2.34. The fourth-order valence-electron chi connectivity index (χ4n) is 3.16. The molecular formula is C21H19N3O2S2. The first-order chi connectivity index (χ1) is 13.6. The number of para-hydroxylation sites is 1. The molecule has 1 aromatic carbocycles. The number of fused-ring (bicyclic) bond motifs is 1. The van der Waals surface area contributed by atoms with Crippen LogP contribution in [0.1, 0.15) is 23.1 Å². The summed E-state index contributed by atoms with van der Waals surface area (Å²) in [5, 5.41) is 4.52. The highest BCUT2D eigenvalue weighted by molar-refractivity contribution is 7.14. The molecule has 3 heterocycles. The van der Waals surface area contributed by atoms with E-state index in [1.54, 1.807) is 28.4 Å². The van der Waals surface area contributed by atoms with Gasteiger partial charge < -0.3 is 4.90 Å². The molecular weight excluding hydrogens is 390 g/mol. The molecule has 5 nitrogen and oxygen atoms in total. The molecule has 2 amide bonds. The van der Waals surface area contributed by atoms with Crippen LogP contribution in [0.2, 0.25) is 0 Å². The Hall–Kier alpha value is -2.77. The number of thiazole rings is 1. The third kappa shape index (κ3) is 3.90. The Labute approximate surface area is 171 Å². The van der Waals surface area contributed by atoms with Gasteiger partial charge in [-0.15, -0.1) is 22.7 Å². The Morgan fingerprint density at radius 3 is 2.79 bits per heavy atom. The van der Waals surface area contributed by atoms with Crippen molar-refractivity contribution in [2.75, 3.05) is 11.4 Å². The quantitative estimate of drug-likeness (QED) is 0.597. The van der Waals surface area contributed by atoms with Gasteiger partial charge in [0.2, 0.25) is 11.8 Å². The topological polar surface area (TPSA) is 53.5 Å². The summed E-state index contributed by atoms with van der Waals surface area (Å²) in [6.07, 6.45) is 4.20. The molecule has 0 saturated heterocycles. The fraction of sp³-hybridized carbons (Fsp3) is 0.190. The van der Waals surface area contributed by atoms with E-state index in [-0.39, 0.29) is 11.8 Å². The second kappa shape index (κ2) is 8.08. The molecule has 0 fully saturated rings. The smallest absolute Gasteiger partial charge is 0.246 e. The molecule has 0 spiro atoms. The Balaban J connectivity index is 1.47. The molecule has 0 saturated carbocycles. The normalized spacial score (nSPS) is 13.5. The van der Waals surface area contributed by atoms with E-state index in [0.717, 1.165) is 18.7 Å². The van der Waals surface area contributed by atoms with Crippen molar-refractivity contribution in [1.82, 2.24) is 9.88 Å². The maximum atomic E-state index is 12.5. The fourth-order valence-corrected chi connectivity index (χ4v) is 4.90. The molecule has 0 unspecified atom stereocenters. The number of thiophene rings is 1. The summed E-state index contributed by atoms with van der Waals surface area (Å²) in [5.74, 6) is -0.120. The number of amides is 2. The SMILES string of the molecule is CC(=O)N(c1ccccc1)c1nc(C=CC(=O)N2CCc3sccc3C2)cs1. The van der Waals surface area contributed by atoms with Gasteiger partial charge in [-0.3, -0.25) is 14.5 Å². The van der Waals surface area contributed by atoms with Crippen molar-refractivity contribution in [3.05, 3.63) is 69.4 Å². The lowest BCUT2D eigenvalue weighted by atomic mass is 10.1. The second-order valence-corrected chi connectivity index (χ2v) is 8.29. The molecule has 1 aliphatic heterocycles. The minimum Gasteiger partial charge on any atom is -0.334 e. The lowest BCUT2D eigenvalue weighted by molar-refractivity contribution is -0.126. The van der Waals surface area contributed by atoms with Crippen LogP contribution in [0.5, 0.6) is 0 Å². The zero-order valence-corrected chi connectivity index (χ0v) is 17.0. The second-order valence-electron chi connectivity index (χ2n) is 6.46. The standard InChI is InChI=1S/C21H19N3O2S2/c1-15(25)24(18-5-3-2-4-6-18)21-22-17(14-28-21)7-8-20(26)23-11-9-19-16(13-23)10-12-27-19/h2-8,10,12,14H,9,11,13H2,1H3. The monoisotopic (exact) mass is 409 g/mol. The van der Waals surface area contributed by atoms with Crippen LogP contribution >= 0.6 is 22.7 Å². The first-order valence-corrected chi connectivity index (χ1v) is 10.7. The summed E-state index contributed by atoms with van der Waals surface area (Å²) in [6, 6.07) is 11.5. The van der Waals surface area contributed by atoms with Crippen molar-refractivity contribution in [3.63, 3.8) is 0 Å². The number of aromatic nitrogens is 1. The van der Waals surface area contributed by atoms with E-state index in [0.29, 0.717) is 17.4 Å². The van der Waals surface area contributed by atoms with Crippen LogP contribution in [0.25, 0.3) is 6.08 Å². The summed E-state index contributed by atoms with van der Waals surface area (Å²) >= 11 is 3.14. The van der Waals surface area contributed by atoms with Gasteiger partial charge in [-0.25, -0.2) is 4.98 Å². The Morgan fingerprint density at radius 2 is 2.00 bits per heavy atom. The zero-order valence-electron chi connectivity index (χ0n) is 15.4. The average Bonchev–Trinajstić information content (AvgIpc) is 3.35. The minimum absolute atomic E-state index is 0.0158. The van der Waals surface area contributed by atoms with Gasteiger partial charge in [-0.1, -0.05) is 18.2 Å². The van der Waals surface area contributed by atoms with Gasteiger partial charge >= 0.3 is 0 Å². The lowest BCUT2D eigenvalue weighted by Gasteiger charge is -2.25. The molecule has 0 bridgehead atoms. The number of nitrogens with zero attached hydrogens (tertiary/aromatic N) is 3. The third-order valence-corrected chi connectivity index (χ3v) is 6.41. The summed E-state index contributed by atoms with van der Waals surface area (Å²) in [5.41, 5.74) is 2.69. The predicted molar refractivity (Wildman–Crippen MR) is 114 cm³/mol. The van der Waals surface area contributed by atoms with Crippen LogP contribution in [0.3, 0.4) is 0 Å². The number of hydrogen-bond donors (Lipinski definition) is 0. The van der Waals surface area contributed by atoms with Gasteiger partial charge in [0.1, 0.15) is 0 Å². The molecule has 2 aromatic heterocycles. The average molecular weight is 410 g/mol. The molecule has 0 atom stereocenters. The van der Waals surface area contributed by atoms with Crippen LogP contribution in [0, 0.1) is 0 Å². The number of carbonyl (C=O) groups excluding carboxylic acids is 2. The number of rotatable bonds is 4. The third-order valence-electron chi connectivity index (χ3n) is 4.55. The van der Waals surface area contributed by atoms with E-state index in [1.807, 2.05) is 40.6 Å². The molecule has 7 heteroatoms. The number of benzene rings is 1. The Morgan fingerprint density at radius 1 is 1.18 bits per heavy atom. The molecule has 142 valence electrons. The summed E-state index contributed by atoms with van der Waals surface area (Å²) < 4.78 is 0. The number of hydrogen-bond acceptors (Lipinski definition) is 5. The van der Waals surface area contributed by atoms with E-state index in [2.05, 4.69) is 16.4 Å². The van der Waals surface area contributed by atoms with Crippen molar-refractivity contribution in [2.24, 2.45) is 0 Å². The van der Waals surface area contributed by atoms with Gasteiger partial charge in [-0.2, -0.15) is 0 Å². The van der Waals surface area contributed by atoms with Crippen molar-refractivity contribution < 1.29 is 9.59 Å². The van der Waals surface area contributed by atoms with Crippen molar-refractivity contribution >= 4 is 51.4 Å². The first-order valence-electron chi connectivity index (χ1n) is 8.95. The minimum atomic E-state index is -0.105. The molecule has 0 aliphatic carbocycles. The van der Waals surface area contributed by atoms with Crippen LogP contribution in [-0.2, 0) is 22.6 Å². The summed E-state index contributed by atoms with van der Waals surface area (Å²) in [6.45, 7) is 2.92. The Bertz CT molecular complexity index is 1020. The molecule has 1 aliphatic rings. The van der Waals surface area contributed by atoms with Crippen molar-refractivity contribution in [3.8, 4) is 0 Å². The number of carbonyl (C=O) groups is 2. The molecule has 0 N–H and O–H groups in total. The largest absolute Gasteiger partial charge is 0.334 e. The van der Waals surface area contributed by atoms with Gasteiger partial charge in [0.25, 0.3) is 0 Å². The molecule has 0 radical (unpaired) electrons. The van der Waals surface area contributed by atoms with E-state index >= 15 is 0 Å². The van der Waals surface area contributed by atoms with Crippen LogP contribution in [-0.4, -0.2) is 28.2 Å². The van der Waals surface area contributed by atoms with Gasteiger partial charge in [-0.05, 0) is 41.6 Å². The molecule has 28 heavy (non-hydrogen) atoms. The van der Waals surface area contributed by atoms with Crippen LogP contribution in [0.15, 0.2) is 53.2 Å². The molecule has 3 aromatic rings. The maximum absolute atomic E-state index is 12.5. The van der Waals surface area contributed by atoms with Crippen LogP contribution in [0.4, 0.5) is 10.8 Å². The zero-order chi connectivity index (χ0) is 19.5. The van der Waals surface area contributed by atoms with Crippen LogP contribution < -0.4 is 4.90 Å².